The van der Waals surface area contributed by atoms with E-state index < -0.39 is 0 Å². The van der Waals surface area contributed by atoms with Crippen molar-refractivity contribution in [3.63, 3.8) is 0 Å². The summed E-state index contributed by atoms with van der Waals surface area (Å²) in [5.74, 6) is 0.367. The zero-order valence-electron chi connectivity index (χ0n) is 35.5. The smallest absolute Gasteiger partial charge is 0.226 e. The third kappa shape index (κ3) is 26.0. The molecule has 0 aromatic heterocycles. The van der Waals surface area contributed by atoms with Crippen LogP contribution in [0.4, 0.5) is 11.4 Å². The summed E-state index contributed by atoms with van der Waals surface area (Å²) < 4.78 is 0. The van der Waals surface area contributed by atoms with Crippen molar-refractivity contribution in [3.8, 4) is 0 Å². The Bertz CT molecular complexity index is 854. The van der Waals surface area contributed by atoms with Gasteiger partial charge in [-0.2, -0.15) is 0 Å². The van der Waals surface area contributed by atoms with Crippen LogP contribution in [0, 0.1) is 0 Å². The molecule has 0 aliphatic heterocycles. The lowest BCUT2D eigenvalue weighted by Crippen LogP contribution is -2.32. The third-order valence-electron chi connectivity index (χ3n) is 11.2. The summed E-state index contributed by atoms with van der Waals surface area (Å²) >= 11 is 0. The van der Waals surface area contributed by atoms with Gasteiger partial charge in [0, 0.05) is 37.3 Å². The van der Waals surface area contributed by atoms with E-state index in [2.05, 4.69) is 38.1 Å². The monoisotopic (exact) mass is 725 g/mol. The standard InChI is InChI=1S/C48H88N2O2/c1-5-9-11-13-15-17-19-21-23-25-27-29-31-33-35-37-43-49(47(51)7-3)45-39-41-46(42-40-45)50(48(52)8-4)44-38-36-34-32-30-28-26-24-22-20-18-16-14-12-10-6-2/h39-42H,5-38,43-44H2,1-4H3. The summed E-state index contributed by atoms with van der Waals surface area (Å²) in [5, 5.41) is 0. The zero-order valence-corrected chi connectivity index (χ0v) is 35.5. The molecule has 0 fully saturated rings. The Kier molecular flexibility index (Phi) is 33.5. The van der Waals surface area contributed by atoms with Crippen LogP contribution in [0.25, 0.3) is 0 Å². The number of hydrogen-bond donors (Lipinski definition) is 0. The highest BCUT2D eigenvalue weighted by Crippen LogP contribution is 2.24. The second-order valence-corrected chi connectivity index (χ2v) is 15.9. The highest BCUT2D eigenvalue weighted by molar-refractivity contribution is 5.95. The van der Waals surface area contributed by atoms with Crippen LogP contribution in [0.2, 0.25) is 0 Å². The van der Waals surface area contributed by atoms with E-state index >= 15 is 0 Å². The topological polar surface area (TPSA) is 40.6 Å². The minimum Gasteiger partial charge on any atom is -0.312 e. The first-order chi connectivity index (χ1) is 25.6. The summed E-state index contributed by atoms with van der Waals surface area (Å²) in [5.41, 5.74) is 1.92. The van der Waals surface area contributed by atoms with Crippen molar-refractivity contribution in [3.05, 3.63) is 24.3 Å². The van der Waals surface area contributed by atoms with Crippen molar-refractivity contribution in [2.45, 2.75) is 246 Å². The van der Waals surface area contributed by atoms with E-state index in [-0.39, 0.29) is 11.8 Å². The number of rotatable bonds is 38. The number of nitrogens with zero attached hydrogens (tertiary/aromatic N) is 2. The maximum Gasteiger partial charge on any atom is 0.226 e. The van der Waals surface area contributed by atoms with Crippen molar-refractivity contribution < 1.29 is 9.59 Å². The highest BCUT2D eigenvalue weighted by Gasteiger charge is 2.17. The highest BCUT2D eigenvalue weighted by atomic mass is 16.2. The van der Waals surface area contributed by atoms with Crippen LogP contribution in [0.5, 0.6) is 0 Å². The average Bonchev–Trinajstić information content (AvgIpc) is 3.17. The van der Waals surface area contributed by atoms with Gasteiger partial charge in [0.05, 0.1) is 0 Å². The SMILES string of the molecule is CCCCCCCCCCCCCCCCCCN(C(=O)CC)c1ccc(N(CCCCCCCCCCCCCCCCCC)C(=O)CC)cc1. The zero-order chi connectivity index (χ0) is 37.7. The van der Waals surface area contributed by atoms with E-state index in [1.807, 2.05) is 23.6 Å². The lowest BCUT2D eigenvalue weighted by atomic mass is 10.0. The maximum atomic E-state index is 12.9. The number of carbonyl (C=O) groups excluding carboxylic acids is 2. The van der Waals surface area contributed by atoms with E-state index in [4.69, 9.17) is 0 Å². The molecule has 0 unspecified atom stereocenters. The van der Waals surface area contributed by atoms with Gasteiger partial charge in [0.15, 0.2) is 0 Å². The maximum absolute atomic E-state index is 12.9. The Morgan fingerprint density at radius 1 is 0.327 bits per heavy atom. The molecule has 0 N–H and O–H groups in total. The lowest BCUT2D eigenvalue weighted by molar-refractivity contribution is -0.119. The molecule has 0 saturated heterocycles. The summed E-state index contributed by atoms with van der Waals surface area (Å²) in [6, 6.07) is 8.22. The summed E-state index contributed by atoms with van der Waals surface area (Å²) in [6.45, 7) is 10.0. The third-order valence-corrected chi connectivity index (χ3v) is 11.2. The summed E-state index contributed by atoms with van der Waals surface area (Å²) in [7, 11) is 0. The fraction of sp³-hybridized carbons (Fsp3) is 0.833. The van der Waals surface area contributed by atoms with Crippen molar-refractivity contribution in [2.24, 2.45) is 0 Å². The molecule has 0 aliphatic carbocycles. The van der Waals surface area contributed by atoms with Crippen LogP contribution >= 0.6 is 0 Å². The first kappa shape index (κ1) is 48.2. The van der Waals surface area contributed by atoms with Gasteiger partial charge in [0.2, 0.25) is 11.8 Å². The molecular weight excluding hydrogens is 637 g/mol. The molecule has 1 aromatic carbocycles. The molecular formula is C48H88N2O2. The number of hydrogen-bond acceptors (Lipinski definition) is 2. The van der Waals surface area contributed by atoms with Crippen molar-refractivity contribution in [1.82, 2.24) is 0 Å². The molecule has 0 heterocycles. The van der Waals surface area contributed by atoms with Gasteiger partial charge >= 0.3 is 0 Å². The van der Waals surface area contributed by atoms with E-state index in [0.717, 1.165) is 37.3 Å². The first-order valence-corrected chi connectivity index (χ1v) is 23.3. The number of benzene rings is 1. The van der Waals surface area contributed by atoms with E-state index in [1.54, 1.807) is 0 Å². The second-order valence-electron chi connectivity index (χ2n) is 15.9. The van der Waals surface area contributed by atoms with Crippen LogP contribution in [-0.4, -0.2) is 24.9 Å². The fourth-order valence-corrected chi connectivity index (χ4v) is 7.63. The predicted molar refractivity (Wildman–Crippen MR) is 231 cm³/mol. The molecule has 4 nitrogen and oxygen atoms in total. The molecule has 0 aliphatic rings. The largest absolute Gasteiger partial charge is 0.312 e. The van der Waals surface area contributed by atoms with Crippen LogP contribution in [0.15, 0.2) is 24.3 Å². The van der Waals surface area contributed by atoms with Crippen LogP contribution in [0.3, 0.4) is 0 Å². The molecule has 52 heavy (non-hydrogen) atoms. The van der Waals surface area contributed by atoms with E-state index in [9.17, 15) is 9.59 Å². The van der Waals surface area contributed by atoms with Crippen LogP contribution in [-0.2, 0) is 9.59 Å². The Balaban J connectivity index is 2.26. The van der Waals surface area contributed by atoms with Gasteiger partial charge in [-0.25, -0.2) is 0 Å². The normalized spacial score (nSPS) is 11.3. The Morgan fingerprint density at radius 2 is 0.519 bits per heavy atom. The van der Waals surface area contributed by atoms with Gasteiger partial charge in [-0.15, -0.1) is 0 Å². The molecule has 0 bridgehead atoms. The molecule has 1 aromatic rings. The molecule has 302 valence electrons. The van der Waals surface area contributed by atoms with Gasteiger partial charge < -0.3 is 9.80 Å². The van der Waals surface area contributed by atoms with Crippen molar-refractivity contribution in [2.75, 3.05) is 22.9 Å². The quantitative estimate of drug-likeness (QED) is 0.0637. The molecule has 0 spiro atoms. The fourth-order valence-electron chi connectivity index (χ4n) is 7.63. The van der Waals surface area contributed by atoms with Gasteiger partial charge in [-0.05, 0) is 37.1 Å². The van der Waals surface area contributed by atoms with Gasteiger partial charge in [-0.1, -0.05) is 220 Å². The molecule has 4 heteroatoms. The Labute approximate surface area is 325 Å². The summed E-state index contributed by atoms with van der Waals surface area (Å²) in [6.07, 6.45) is 44.3. The minimum absolute atomic E-state index is 0.184. The Morgan fingerprint density at radius 3 is 0.712 bits per heavy atom. The first-order valence-electron chi connectivity index (χ1n) is 23.3. The predicted octanol–water partition coefficient (Wildman–Crippen LogP) is 15.7. The number of unbranched alkanes of at least 4 members (excludes halogenated alkanes) is 30. The van der Waals surface area contributed by atoms with Crippen molar-refractivity contribution in [1.29, 1.82) is 0 Å². The van der Waals surface area contributed by atoms with Crippen LogP contribution < -0.4 is 9.80 Å². The van der Waals surface area contributed by atoms with Crippen molar-refractivity contribution >= 4 is 23.2 Å². The van der Waals surface area contributed by atoms with Gasteiger partial charge in [0.1, 0.15) is 0 Å². The van der Waals surface area contributed by atoms with E-state index in [1.165, 1.54) is 193 Å². The second kappa shape index (κ2) is 36.2. The molecule has 0 radical (unpaired) electrons. The summed E-state index contributed by atoms with van der Waals surface area (Å²) in [4.78, 5) is 29.8. The van der Waals surface area contributed by atoms with Crippen LogP contribution in [0.1, 0.15) is 246 Å². The average molecular weight is 725 g/mol. The molecule has 1 rings (SSSR count). The van der Waals surface area contributed by atoms with Gasteiger partial charge in [0.25, 0.3) is 0 Å². The number of anilines is 2. The molecule has 2 amide bonds. The van der Waals surface area contributed by atoms with Gasteiger partial charge in [-0.3, -0.25) is 9.59 Å². The Hall–Kier alpha value is -1.84. The molecule has 0 atom stereocenters. The lowest BCUT2D eigenvalue weighted by Gasteiger charge is -2.25. The number of amides is 2. The van der Waals surface area contributed by atoms with E-state index in [0.29, 0.717) is 12.8 Å². The number of carbonyl (C=O) groups is 2. The molecule has 0 saturated carbocycles. The minimum atomic E-state index is 0.184.